The Balaban J connectivity index is 1.81. The number of carbonyl (C=O) groups is 3. The Morgan fingerprint density at radius 1 is 0.857 bits per heavy atom. The molecule has 1 heterocycles. The first kappa shape index (κ1) is 18.2. The van der Waals surface area contributed by atoms with E-state index in [9.17, 15) is 14.4 Å². The van der Waals surface area contributed by atoms with Crippen LogP contribution in [0.2, 0.25) is 10.0 Å². The minimum absolute atomic E-state index is 0.151. The number of amides is 4. The topological polar surface area (TPSA) is 66.5 Å². The quantitative estimate of drug-likeness (QED) is 0.486. The molecule has 7 heteroatoms. The lowest BCUT2D eigenvalue weighted by Gasteiger charge is -2.26. The lowest BCUT2D eigenvalue weighted by atomic mass is 10.0. The van der Waals surface area contributed by atoms with Gasteiger partial charge in [-0.05, 0) is 40.6 Å². The normalized spacial score (nSPS) is 16.0. The van der Waals surface area contributed by atoms with Crippen molar-refractivity contribution in [3.8, 4) is 0 Å². The van der Waals surface area contributed by atoms with Crippen LogP contribution in [0.15, 0.2) is 66.2 Å². The molecule has 4 amide bonds. The molecule has 3 aromatic carbocycles. The molecule has 1 N–H and O–H groups in total. The number of rotatable bonds is 2. The van der Waals surface area contributed by atoms with Crippen molar-refractivity contribution in [2.24, 2.45) is 0 Å². The highest BCUT2D eigenvalue weighted by Crippen LogP contribution is 2.30. The molecule has 1 saturated heterocycles. The van der Waals surface area contributed by atoms with Gasteiger partial charge < -0.3 is 0 Å². The van der Waals surface area contributed by atoms with Gasteiger partial charge in [0, 0.05) is 0 Å². The van der Waals surface area contributed by atoms with Crippen LogP contribution < -0.4 is 10.2 Å². The maximum absolute atomic E-state index is 13.0. The van der Waals surface area contributed by atoms with Gasteiger partial charge in [0.05, 0.1) is 15.7 Å². The molecule has 0 atom stereocenters. The Morgan fingerprint density at radius 3 is 2.39 bits per heavy atom. The molecule has 4 rings (SSSR count). The maximum atomic E-state index is 13.0. The van der Waals surface area contributed by atoms with Gasteiger partial charge in [0.25, 0.3) is 11.8 Å². The van der Waals surface area contributed by atoms with E-state index < -0.39 is 17.8 Å². The first-order valence-electron chi connectivity index (χ1n) is 8.30. The summed E-state index contributed by atoms with van der Waals surface area (Å²) in [5.74, 6) is -1.49. The van der Waals surface area contributed by atoms with Crippen LogP contribution in [0.1, 0.15) is 5.56 Å². The number of fused-ring (bicyclic) bond motifs is 1. The Bertz CT molecular complexity index is 1180. The van der Waals surface area contributed by atoms with E-state index in [2.05, 4.69) is 5.32 Å². The fourth-order valence-corrected chi connectivity index (χ4v) is 3.34. The van der Waals surface area contributed by atoms with Crippen LogP contribution >= 0.6 is 23.2 Å². The molecule has 0 bridgehead atoms. The average Bonchev–Trinajstić information content (AvgIpc) is 2.68. The highest BCUT2D eigenvalue weighted by atomic mass is 35.5. The Morgan fingerprint density at radius 2 is 1.61 bits per heavy atom. The van der Waals surface area contributed by atoms with Gasteiger partial charge in [-0.15, -0.1) is 0 Å². The Kier molecular flexibility index (Phi) is 4.63. The summed E-state index contributed by atoms with van der Waals surface area (Å²) in [6.07, 6.45) is 1.48. The molecule has 5 nitrogen and oxygen atoms in total. The van der Waals surface area contributed by atoms with E-state index in [0.717, 1.165) is 15.7 Å². The van der Waals surface area contributed by atoms with Crippen molar-refractivity contribution in [1.29, 1.82) is 0 Å². The van der Waals surface area contributed by atoms with E-state index in [0.29, 0.717) is 5.56 Å². The number of hydrogen-bond donors (Lipinski definition) is 1. The molecule has 138 valence electrons. The van der Waals surface area contributed by atoms with E-state index in [1.807, 2.05) is 36.4 Å². The van der Waals surface area contributed by atoms with Gasteiger partial charge >= 0.3 is 6.03 Å². The van der Waals surface area contributed by atoms with Crippen LogP contribution in [0.25, 0.3) is 16.8 Å². The summed E-state index contributed by atoms with van der Waals surface area (Å²) in [6, 6.07) is 16.7. The molecule has 0 saturated carbocycles. The zero-order chi connectivity index (χ0) is 19.8. The van der Waals surface area contributed by atoms with Crippen molar-refractivity contribution >= 4 is 63.6 Å². The van der Waals surface area contributed by atoms with Gasteiger partial charge in [0.2, 0.25) is 0 Å². The monoisotopic (exact) mass is 410 g/mol. The predicted molar refractivity (Wildman–Crippen MR) is 109 cm³/mol. The minimum Gasteiger partial charge on any atom is -0.273 e. The smallest absolute Gasteiger partial charge is 0.273 e. The zero-order valence-electron chi connectivity index (χ0n) is 14.3. The predicted octanol–water partition coefficient (Wildman–Crippen LogP) is 4.81. The molecule has 3 aromatic rings. The number of nitrogens with one attached hydrogen (secondary N) is 1. The summed E-state index contributed by atoms with van der Waals surface area (Å²) in [7, 11) is 0. The standard InChI is InChI=1S/C21H12Cl2N2O3/c22-17-9-8-14(11-18(17)23)25-20(27)16(19(26)24-21(25)28)10-13-6-3-5-12-4-1-2-7-15(12)13/h1-11H,(H,24,26,28). The second-order valence-electron chi connectivity index (χ2n) is 6.12. The van der Waals surface area contributed by atoms with E-state index >= 15 is 0 Å². The van der Waals surface area contributed by atoms with Gasteiger partial charge in [-0.3, -0.25) is 14.9 Å². The Hall–Kier alpha value is -3.15. The molecule has 28 heavy (non-hydrogen) atoms. The van der Waals surface area contributed by atoms with Crippen molar-refractivity contribution in [2.75, 3.05) is 4.90 Å². The lowest BCUT2D eigenvalue weighted by molar-refractivity contribution is -0.122. The summed E-state index contributed by atoms with van der Waals surface area (Å²) in [5, 5.41) is 4.53. The third-order valence-electron chi connectivity index (χ3n) is 4.39. The largest absolute Gasteiger partial charge is 0.335 e. The van der Waals surface area contributed by atoms with E-state index in [1.165, 1.54) is 24.3 Å². The number of halogens is 2. The summed E-state index contributed by atoms with van der Waals surface area (Å²) >= 11 is 11.9. The van der Waals surface area contributed by atoms with Crippen LogP contribution in [0, 0.1) is 0 Å². The molecule has 1 aliphatic heterocycles. The van der Waals surface area contributed by atoms with Crippen LogP contribution in [-0.4, -0.2) is 17.8 Å². The van der Waals surface area contributed by atoms with Crippen molar-refractivity contribution in [3.63, 3.8) is 0 Å². The third-order valence-corrected chi connectivity index (χ3v) is 5.13. The number of urea groups is 1. The van der Waals surface area contributed by atoms with Gasteiger partial charge in [-0.25, -0.2) is 9.69 Å². The van der Waals surface area contributed by atoms with Crippen LogP contribution in [0.5, 0.6) is 0 Å². The number of hydrogen-bond acceptors (Lipinski definition) is 3. The van der Waals surface area contributed by atoms with Crippen molar-refractivity contribution in [3.05, 3.63) is 81.8 Å². The molecule has 0 aliphatic carbocycles. The van der Waals surface area contributed by atoms with Crippen molar-refractivity contribution in [1.82, 2.24) is 5.32 Å². The lowest BCUT2D eigenvalue weighted by Crippen LogP contribution is -2.54. The second kappa shape index (κ2) is 7.11. The van der Waals surface area contributed by atoms with Crippen LogP contribution in [0.4, 0.5) is 10.5 Å². The van der Waals surface area contributed by atoms with E-state index in [4.69, 9.17) is 23.2 Å². The molecular formula is C21H12Cl2N2O3. The maximum Gasteiger partial charge on any atom is 0.335 e. The molecule has 0 spiro atoms. The van der Waals surface area contributed by atoms with Crippen LogP contribution in [0.3, 0.4) is 0 Å². The highest BCUT2D eigenvalue weighted by molar-refractivity contribution is 6.43. The van der Waals surface area contributed by atoms with Crippen LogP contribution in [-0.2, 0) is 9.59 Å². The first-order chi connectivity index (χ1) is 13.5. The number of barbiturate groups is 1. The zero-order valence-corrected chi connectivity index (χ0v) is 15.8. The molecule has 0 aromatic heterocycles. The third kappa shape index (κ3) is 3.15. The fourth-order valence-electron chi connectivity index (χ4n) is 3.05. The minimum atomic E-state index is -0.844. The molecular weight excluding hydrogens is 399 g/mol. The Labute approximate surface area is 170 Å². The van der Waals surface area contributed by atoms with E-state index in [1.54, 1.807) is 6.07 Å². The number of carbonyl (C=O) groups excluding carboxylic acids is 3. The SMILES string of the molecule is O=C1NC(=O)N(c2ccc(Cl)c(Cl)c2)C(=O)C1=Cc1cccc2ccccc12. The van der Waals surface area contributed by atoms with Crippen molar-refractivity contribution < 1.29 is 14.4 Å². The second-order valence-corrected chi connectivity index (χ2v) is 6.94. The molecule has 0 unspecified atom stereocenters. The molecule has 1 fully saturated rings. The number of imide groups is 2. The van der Waals surface area contributed by atoms with Crippen molar-refractivity contribution in [2.45, 2.75) is 0 Å². The number of nitrogens with zero attached hydrogens (tertiary/aromatic N) is 1. The highest BCUT2D eigenvalue weighted by Gasteiger charge is 2.37. The van der Waals surface area contributed by atoms with E-state index in [-0.39, 0.29) is 21.3 Å². The summed E-state index contributed by atoms with van der Waals surface area (Å²) in [5.41, 5.74) is 0.760. The summed E-state index contributed by atoms with van der Waals surface area (Å²) in [4.78, 5) is 38.5. The van der Waals surface area contributed by atoms with Gasteiger partial charge in [0.1, 0.15) is 5.57 Å². The number of benzene rings is 3. The average molecular weight is 411 g/mol. The summed E-state index contributed by atoms with van der Waals surface area (Å²) in [6.45, 7) is 0. The van der Waals surface area contributed by atoms with Gasteiger partial charge in [-0.1, -0.05) is 65.7 Å². The first-order valence-corrected chi connectivity index (χ1v) is 9.05. The molecule has 0 radical (unpaired) electrons. The fraction of sp³-hybridized carbons (Fsp3) is 0. The molecule has 1 aliphatic rings. The van der Waals surface area contributed by atoms with Gasteiger partial charge in [0.15, 0.2) is 0 Å². The van der Waals surface area contributed by atoms with Gasteiger partial charge in [-0.2, -0.15) is 0 Å². The number of anilines is 1. The summed E-state index contributed by atoms with van der Waals surface area (Å²) < 4.78 is 0.